The predicted molar refractivity (Wildman–Crippen MR) is 100 cm³/mol. The molecular weight excluding hydrogens is 340 g/mol. The number of anilines is 1. The fourth-order valence-electron chi connectivity index (χ4n) is 2.30. The van der Waals surface area contributed by atoms with Gasteiger partial charge in [0, 0.05) is 24.1 Å². The maximum absolute atomic E-state index is 12.3. The molecule has 134 valence electrons. The Kier molecular flexibility index (Phi) is 7.73. The molecule has 3 N–H and O–H groups in total. The molecule has 2 rings (SSSR count). The zero-order chi connectivity index (χ0) is 18.1. The minimum Gasteiger partial charge on any atom is -0.489 e. The summed E-state index contributed by atoms with van der Waals surface area (Å²) in [6.45, 7) is 3.42. The van der Waals surface area contributed by atoms with Crippen molar-refractivity contribution in [3.05, 3.63) is 59.1 Å². The average molecular weight is 363 g/mol. The molecule has 0 bridgehead atoms. The van der Waals surface area contributed by atoms with Crippen LogP contribution in [0.3, 0.4) is 0 Å². The number of halogens is 1. The summed E-state index contributed by atoms with van der Waals surface area (Å²) in [5, 5.41) is 3.34. The quantitative estimate of drug-likeness (QED) is 0.666. The molecule has 1 amide bonds. The molecule has 0 heterocycles. The van der Waals surface area contributed by atoms with Crippen molar-refractivity contribution in [3.63, 3.8) is 0 Å². The van der Waals surface area contributed by atoms with Gasteiger partial charge in [-0.05, 0) is 30.7 Å². The van der Waals surface area contributed by atoms with E-state index >= 15 is 0 Å². The van der Waals surface area contributed by atoms with Crippen LogP contribution in [-0.4, -0.2) is 25.7 Å². The molecule has 1 atom stereocenters. The van der Waals surface area contributed by atoms with E-state index in [0.29, 0.717) is 36.3 Å². The molecule has 0 aliphatic carbocycles. The molecule has 0 saturated carbocycles. The Labute approximate surface area is 153 Å². The lowest BCUT2D eigenvalue weighted by molar-refractivity contribution is -0.116. The molecule has 0 fully saturated rings. The Bertz CT molecular complexity index is 680. The van der Waals surface area contributed by atoms with Crippen LogP contribution < -0.4 is 15.8 Å². The number of rotatable bonds is 9. The van der Waals surface area contributed by atoms with Crippen LogP contribution in [0, 0.1) is 0 Å². The third-order valence-corrected chi connectivity index (χ3v) is 3.77. The average Bonchev–Trinajstić information content (AvgIpc) is 2.61. The minimum absolute atomic E-state index is 0.162. The lowest BCUT2D eigenvalue weighted by atomic mass is 10.0. The van der Waals surface area contributed by atoms with Gasteiger partial charge in [-0.25, -0.2) is 0 Å². The predicted octanol–water partition coefficient (Wildman–Crippen LogP) is 3.78. The van der Waals surface area contributed by atoms with E-state index in [-0.39, 0.29) is 18.4 Å². The van der Waals surface area contributed by atoms with Crippen LogP contribution in [0.5, 0.6) is 5.75 Å². The fourth-order valence-corrected chi connectivity index (χ4v) is 2.47. The smallest absolute Gasteiger partial charge is 0.226 e. The second-order valence-electron chi connectivity index (χ2n) is 5.46. The van der Waals surface area contributed by atoms with Gasteiger partial charge in [-0.15, -0.1) is 0 Å². The van der Waals surface area contributed by atoms with Gasteiger partial charge in [-0.3, -0.25) is 4.79 Å². The Balaban J connectivity index is 1.98. The third kappa shape index (κ3) is 6.38. The Morgan fingerprint density at radius 2 is 1.96 bits per heavy atom. The molecule has 0 aliphatic heterocycles. The van der Waals surface area contributed by atoms with E-state index in [0.717, 1.165) is 5.56 Å². The number of ether oxygens (including phenoxy) is 2. The van der Waals surface area contributed by atoms with Crippen molar-refractivity contribution in [1.82, 2.24) is 0 Å². The van der Waals surface area contributed by atoms with Crippen molar-refractivity contribution >= 4 is 23.2 Å². The van der Waals surface area contributed by atoms with Crippen LogP contribution in [0.4, 0.5) is 5.69 Å². The number of amides is 1. The normalized spacial score (nSPS) is 11.8. The zero-order valence-corrected chi connectivity index (χ0v) is 15.0. The summed E-state index contributed by atoms with van der Waals surface area (Å²) in [6.07, 6.45) is 0.162. The third-order valence-electron chi connectivity index (χ3n) is 3.54. The number of nitrogens with one attached hydrogen (secondary N) is 1. The molecule has 25 heavy (non-hydrogen) atoms. The van der Waals surface area contributed by atoms with Crippen LogP contribution in [0.15, 0.2) is 48.5 Å². The molecule has 2 aromatic rings. The van der Waals surface area contributed by atoms with Crippen LogP contribution in [-0.2, 0) is 9.53 Å². The van der Waals surface area contributed by atoms with Crippen molar-refractivity contribution < 1.29 is 14.3 Å². The second-order valence-corrected chi connectivity index (χ2v) is 5.89. The minimum atomic E-state index is -0.372. The molecular formula is C19H23ClN2O3. The van der Waals surface area contributed by atoms with Gasteiger partial charge in [0.15, 0.2) is 0 Å². The van der Waals surface area contributed by atoms with Crippen molar-refractivity contribution in [2.75, 3.05) is 25.1 Å². The highest BCUT2D eigenvalue weighted by Crippen LogP contribution is 2.28. The molecule has 0 radical (unpaired) electrons. The summed E-state index contributed by atoms with van der Waals surface area (Å²) in [5.74, 6) is 0.346. The number of nitrogens with two attached hydrogens (primary N) is 1. The Morgan fingerprint density at radius 1 is 1.20 bits per heavy atom. The number of hydrogen-bond acceptors (Lipinski definition) is 4. The first kappa shape index (κ1) is 19.2. The molecule has 1 unspecified atom stereocenters. The Hall–Kier alpha value is -2.08. The van der Waals surface area contributed by atoms with E-state index in [2.05, 4.69) is 5.32 Å². The van der Waals surface area contributed by atoms with Gasteiger partial charge in [-0.1, -0.05) is 41.9 Å². The highest BCUT2D eigenvalue weighted by atomic mass is 35.5. The monoisotopic (exact) mass is 362 g/mol. The summed E-state index contributed by atoms with van der Waals surface area (Å²) in [5.41, 5.74) is 7.53. The lowest BCUT2D eigenvalue weighted by Crippen LogP contribution is -2.21. The zero-order valence-electron chi connectivity index (χ0n) is 14.2. The van der Waals surface area contributed by atoms with Crippen LogP contribution in [0.25, 0.3) is 0 Å². The standard InChI is InChI=1S/C19H23ClN2O3/c1-2-24-10-11-25-18-9-8-15(20)12-17(18)22-19(23)13-16(21)14-6-4-3-5-7-14/h3-9,12,16H,2,10-11,13,21H2,1H3,(H,22,23). The summed E-state index contributed by atoms with van der Waals surface area (Å²) in [7, 11) is 0. The van der Waals surface area contributed by atoms with E-state index in [4.69, 9.17) is 26.8 Å². The number of benzene rings is 2. The molecule has 0 spiro atoms. The van der Waals surface area contributed by atoms with E-state index in [1.807, 2.05) is 37.3 Å². The first-order chi connectivity index (χ1) is 12.1. The molecule has 5 nitrogen and oxygen atoms in total. The van der Waals surface area contributed by atoms with Crippen molar-refractivity contribution in [2.24, 2.45) is 5.73 Å². The highest BCUT2D eigenvalue weighted by molar-refractivity contribution is 6.31. The number of carbonyl (C=O) groups excluding carboxylic acids is 1. The topological polar surface area (TPSA) is 73.6 Å². The van der Waals surface area contributed by atoms with Crippen molar-refractivity contribution in [2.45, 2.75) is 19.4 Å². The summed E-state index contributed by atoms with van der Waals surface area (Å²) < 4.78 is 10.9. The SMILES string of the molecule is CCOCCOc1ccc(Cl)cc1NC(=O)CC(N)c1ccccc1. The summed E-state index contributed by atoms with van der Waals surface area (Å²) in [4.78, 5) is 12.3. The first-order valence-electron chi connectivity index (χ1n) is 8.20. The summed E-state index contributed by atoms with van der Waals surface area (Å²) in [6, 6.07) is 14.2. The molecule has 0 saturated heterocycles. The molecule has 0 aromatic heterocycles. The van der Waals surface area contributed by atoms with Crippen LogP contribution in [0.1, 0.15) is 24.9 Å². The van der Waals surface area contributed by atoms with E-state index < -0.39 is 0 Å². The van der Waals surface area contributed by atoms with Gasteiger partial charge < -0.3 is 20.5 Å². The maximum atomic E-state index is 12.3. The van der Waals surface area contributed by atoms with Crippen molar-refractivity contribution in [1.29, 1.82) is 0 Å². The first-order valence-corrected chi connectivity index (χ1v) is 8.58. The Morgan fingerprint density at radius 3 is 2.68 bits per heavy atom. The lowest BCUT2D eigenvalue weighted by Gasteiger charge is -2.15. The van der Waals surface area contributed by atoms with Gasteiger partial charge in [0.05, 0.1) is 12.3 Å². The summed E-state index contributed by atoms with van der Waals surface area (Å²) >= 11 is 6.03. The van der Waals surface area contributed by atoms with Gasteiger partial charge >= 0.3 is 0 Å². The molecule has 0 aliphatic rings. The van der Waals surface area contributed by atoms with Gasteiger partial charge in [0.2, 0.25) is 5.91 Å². The van der Waals surface area contributed by atoms with E-state index in [1.165, 1.54) is 0 Å². The van der Waals surface area contributed by atoms with E-state index in [9.17, 15) is 4.79 Å². The molecule has 2 aromatic carbocycles. The van der Waals surface area contributed by atoms with Crippen molar-refractivity contribution in [3.8, 4) is 5.75 Å². The number of hydrogen-bond donors (Lipinski definition) is 2. The van der Waals surface area contributed by atoms with Crippen LogP contribution >= 0.6 is 11.6 Å². The maximum Gasteiger partial charge on any atom is 0.226 e. The number of carbonyl (C=O) groups is 1. The fraction of sp³-hybridized carbons (Fsp3) is 0.316. The second kappa shape index (κ2) is 10.0. The molecule has 6 heteroatoms. The van der Waals surface area contributed by atoms with Gasteiger partial charge in [-0.2, -0.15) is 0 Å². The highest BCUT2D eigenvalue weighted by Gasteiger charge is 2.14. The largest absolute Gasteiger partial charge is 0.489 e. The van der Waals surface area contributed by atoms with Gasteiger partial charge in [0.25, 0.3) is 0 Å². The van der Waals surface area contributed by atoms with Crippen LogP contribution in [0.2, 0.25) is 5.02 Å². The van der Waals surface area contributed by atoms with Gasteiger partial charge in [0.1, 0.15) is 12.4 Å². The van der Waals surface area contributed by atoms with E-state index in [1.54, 1.807) is 18.2 Å².